The van der Waals surface area contributed by atoms with E-state index in [1.165, 1.54) is 20.8 Å². The largest absolute Gasteiger partial charge is 0.463 e. The second-order valence-corrected chi connectivity index (χ2v) is 3.58. The molecular formula is C11H14O7. The normalized spacial score (nSPS) is 18.5. The lowest BCUT2D eigenvalue weighted by Gasteiger charge is -2.13. The number of carbonyl (C=O) groups is 3. The zero-order valence-corrected chi connectivity index (χ0v) is 10.3. The molecule has 1 heterocycles. The Kier molecular flexibility index (Phi) is 4.85. The highest BCUT2D eigenvalue weighted by molar-refractivity contribution is 5.69. The van der Waals surface area contributed by atoms with Gasteiger partial charge in [-0.2, -0.15) is 0 Å². The van der Waals surface area contributed by atoms with E-state index in [0.29, 0.717) is 0 Å². The van der Waals surface area contributed by atoms with Crippen molar-refractivity contribution in [1.29, 1.82) is 0 Å². The van der Waals surface area contributed by atoms with Gasteiger partial charge in [0.25, 0.3) is 0 Å². The molecule has 0 aromatic carbocycles. The Balaban J connectivity index is 2.78. The average Bonchev–Trinajstić information content (AvgIpc) is 2.57. The lowest BCUT2D eigenvalue weighted by atomic mass is 10.3. The fourth-order valence-corrected chi connectivity index (χ4v) is 1.35. The van der Waals surface area contributed by atoms with Crippen LogP contribution in [0.15, 0.2) is 11.5 Å². The highest BCUT2D eigenvalue weighted by Crippen LogP contribution is 2.24. The van der Waals surface area contributed by atoms with E-state index in [9.17, 15) is 14.4 Å². The van der Waals surface area contributed by atoms with Gasteiger partial charge in [0.2, 0.25) is 0 Å². The quantitative estimate of drug-likeness (QED) is 0.528. The Morgan fingerprint density at radius 3 is 2.22 bits per heavy atom. The molecule has 0 aliphatic carbocycles. The Hall–Kier alpha value is -1.89. The number of esters is 3. The van der Waals surface area contributed by atoms with Crippen molar-refractivity contribution in [1.82, 2.24) is 0 Å². The third-order valence-electron chi connectivity index (χ3n) is 1.94. The van der Waals surface area contributed by atoms with E-state index in [1.54, 1.807) is 0 Å². The van der Waals surface area contributed by atoms with Gasteiger partial charge in [0.05, 0.1) is 0 Å². The first kappa shape index (κ1) is 14.2. The Bertz CT molecular complexity index is 396. The number of carbonyl (C=O) groups excluding carboxylic acids is 3. The average molecular weight is 258 g/mol. The van der Waals surface area contributed by atoms with Crippen LogP contribution in [0.2, 0.25) is 0 Å². The summed E-state index contributed by atoms with van der Waals surface area (Å²) < 4.78 is 19.8. The lowest BCUT2D eigenvalue weighted by Crippen LogP contribution is -2.22. The van der Waals surface area contributed by atoms with Crippen LogP contribution in [0.5, 0.6) is 0 Å². The number of hydrogen-bond donors (Lipinski definition) is 0. The molecule has 1 aliphatic heterocycles. The maximum absolute atomic E-state index is 11.0. The van der Waals surface area contributed by atoms with Crippen molar-refractivity contribution in [2.75, 3.05) is 13.2 Å². The summed E-state index contributed by atoms with van der Waals surface area (Å²) in [7, 11) is 0. The Labute approximate surface area is 104 Å². The summed E-state index contributed by atoms with van der Waals surface area (Å²) in [6.07, 6.45) is -0.743. The predicted molar refractivity (Wildman–Crippen MR) is 56.9 cm³/mol. The molecule has 0 bridgehead atoms. The summed E-state index contributed by atoms with van der Waals surface area (Å²) in [5.74, 6) is -1.42. The maximum atomic E-state index is 11.0. The van der Waals surface area contributed by atoms with Crippen molar-refractivity contribution >= 4 is 17.9 Å². The molecule has 0 aromatic heterocycles. The van der Waals surface area contributed by atoms with Crippen molar-refractivity contribution in [3.63, 3.8) is 0 Å². The van der Waals surface area contributed by atoms with Gasteiger partial charge in [-0.15, -0.1) is 0 Å². The fourth-order valence-electron chi connectivity index (χ4n) is 1.35. The lowest BCUT2D eigenvalue weighted by molar-refractivity contribution is -0.145. The fraction of sp³-hybridized carbons (Fsp3) is 0.545. The van der Waals surface area contributed by atoms with E-state index < -0.39 is 24.0 Å². The minimum atomic E-state index is -0.743. The van der Waals surface area contributed by atoms with Crippen molar-refractivity contribution < 1.29 is 33.3 Å². The molecule has 0 saturated heterocycles. The molecule has 1 rings (SSSR count). The van der Waals surface area contributed by atoms with Crippen LogP contribution in [0.4, 0.5) is 0 Å². The van der Waals surface area contributed by atoms with Gasteiger partial charge < -0.3 is 18.9 Å². The van der Waals surface area contributed by atoms with Crippen LogP contribution in [0.3, 0.4) is 0 Å². The molecular weight excluding hydrogens is 244 g/mol. The standard InChI is InChI=1S/C11H14O7/c1-6(12)15-4-9-11(18-8(3)14)10(5-16-9)17-7(2)13/h9H,4-5H2,1-3H3/t9-/m1/s1. The highest BCUT2D eigenvalue weighted by atomic mass is 16.6. The molecule has 0 spiro atoms. The van der Waals surface area contributed by atoms with Crippen LogP contribution < -0.4 is 0 Å². The van der Waals surface area contributed by atoms with Gasteiger partial charge >= 0.3 is 17.9 Å². The molecule has 0 fully saturated rings. The third kappa shape index (κ3) is 4.17. The molecule has 0 N–H and O–H groups in total. The Morgan fingerprint density at radius 1 is 1.11 bits per heavy atom. The molecule has 7 heteroatoms. The highest BCUT2D eigenvalue weighted by Gasteiger charge is 2.32. The summed E-state index contributed by atoms with van der Waals surface area (Å²) in [5.41, 5.74) is 0. The van der Waals surface area contributed by atoms with Gasteiger partial charge in [-0.1, -0.05) is 0 Å². The van der Waals surface area contributed by atoms with Gasteiger partial charge in [-0.3, -0.25) is 14.4 Å². The van der Waals surface area contributed by atoms with Crippen molar-refractivity contribution in [2.24, 2.45) is 0 Å². The van der Waals surface area contributed by atoms with Crippen LogP contribution in [0.1, 0.15) is 20.8 Å². The summed E-state index contributed by atoms with van der Waals surface area (Å²) in [6.45, 7) is 3.55. The number of hydrogen-bond acceptors (Lipinski definition) is 7. The van der Waals surface area contributed by atoms with Crippen LogP contribution in [-0.4, -0.2) is 37.2 Å². The second kappa shape index (κ2) is 6.15. The van der Waals surface area contributed by atoms with Gasteiger partial charge in [0, 0.05) is 20.8 Å². The summed E-state index contributed by atoms with van der Waals surface area (Å²) in [4.78, 5) is 32.5. The van der Waals surface area contributed by atoms with Crippen LogP contribution in [-0.2, 0) is 33.3 Å². The maximum Gasteiger partial charge on any atom is 0.307 e. The molecule has 100 valence electrons. The van der Waals surface area contributed by atoms with Gasteiger partial charge in [0.1, 0.15) is 13.2 Å². The monoisotopic (exact) mass is 258 g/mol. The molecule has 0 unspecified atom stereocenters. The van der Waals surface area contributed by atoms with Crippen LogP contribution >= 0.6 is 0 Å². The zero-order chi connectivity index (χ0) is 13.7. The van der Waals surface area contributed by atoms with Crippen LogP contribution in [0, 0.1) is 0 Å². The molecule has 0 aromatic rings. The van der Waals surface area contributed by atoms with Crippen molar-refractivity contribution in [2.45, 2.75) is 26.9 Å². The van der Waals surface area contributed by atoms with E-state index >= 15 is 0 Å². The van der Waals surface area contributed by atoms with Crippen molar-refractivity contribution in [3.8, 4) is 0 Å². The van der Waals surface area contributed by atoms with E-state index in [4.69, 9.17) is 18.9 Å². The molecule has 18 heavy (non-hydrogen) atoms. The smallest absolute Gasteiger partial charge is 0.307 e. The molecule has 1 atom stereocenters. The summed E-state index contributed by atoms with van der Waals surface area (Å²) in [6, 6.07) is 0. The molecule has 0 amide bonds. The minimum absolute atomic E-state index is 0.0197. The number of ether oxygens (including phenoxy) is 4. The predicted octanol–water partition coefficient (Wildman–Crippen LogP) is 0.286. The first-order valence-corrected chi connectivity index (χ1v) is 5.25. The van der Waals surface area contributed by atoms with E-state index in [1.807, 2.05) is 0 Å². The minimum Gasteiger partial charge on any atom is -0.463 e. The number of rotatable bonds is 4. The van der Waals surface area contributed by atoms with Gasteiger partial charge in [-0.05, 0) is 0 Å². The molecule has 0 radical (unpaired) electrons. The Morgan fingerprint density at radius 2 is 1.72 bits per heavy atom. The van der Waals surface area contributed by atoms with E-state index in [2.05, 4.69) is 0 Å². The first-order chi connectivity index (χ1) is 8.40. The second-order valence-electron chi connectivity index (χ2n) is 3.58. The molecule has 0 saturated carbocycles. The SMILES string of the molecule is CC(=O)OC[C@H]1OCC(OC(C)=O)=C1OC(C)=O. The zero-order valence-electron chi connectivity index (χ0n) is 10.3. The van der Waals surface area contributed by atoms with Crippen molar-refractivity contribution in [3.05, 3.63) is 11.5 Å². The third-order valence-corrected chi connectivity index (χ3v) is 1.94. The molecule has 7 nitrogen and oxygen atoms in total. The van der Waals surface area contributed by atoms with Gasteiger partial charge in [0.15, 0.2) is 17.6 Å². The first-order valence-electron chi connectivity index (χ1n) is 5.25. The summed E-state index contributed by atoms with van der Waals surface area (Å²) >= 11 is 0. The molecule has 1 aliphatic rings. The van der Waals surface area contributed by atoms with Gasteiger partial charge in [-0.25, -0.2) is 0 Å². The van der Waals surface area contributed by atoms with Crippen LogP contribution in [0.25, 0.3) is 0 Å². The van der Waals surface area contributed by atoms with E-state index in [-0.39, 0.29) is 24.7 Å². The summed E-state index contributed by atoms with van der Waals surface area (Å²) in [5, 5.41) is 0. The topological polar surface area (TPSA) is 88.1 Å². The van der Waals surface area contributed by atoms with E-state index in [0.717, 1.165) is 0 Å².